The van der Waals surface area contributed by atoms with Crippen LogP contribution in [0.5, 0.6) is 11.8 Å². The molecule has 0 unspecified atom stereocenters. The highest BCUT2D eigenvalue weighted by atomic mass is 16.6. The molecule has 6 rings (SSSR count). The molecule has 0 spiro atoms. The second-order valence-electron chi connectivity index (χ2n) is 10.4. The summed E-state index contributed by atoms with van der Waals surface area (Å²) in [6.45, 7) is 1.17. The zero-order chi connectivity index (χ0) is 21.5. The molecule has 0 saturated heterocycles. The third kappa shape index (κ3) is 3.84. The van der Waals surface area contributed by atoms with Gasteiger partial charge in [0.2, 0.25) is 0 Å². The van der Waals surface area contributed by atoms with Crippen molar-refractivity contribution in [3.63, 3.8) is 0 Å². The van der Waals surface area contributed by atoms with E-state index >= 15 is 0 Å². The molecule has 5 heteroatoms. The maximum atomic E-state index is 12.1. The van der Waals surface area contributed by atoms with Crippen LogP contribution in [-0.4, -0.2) is 22.3 Å². The quantitative estimate of drug-likeness (QED) is 0.630. The van der Waals surface area contributed by atoms with Crippen molar-refractivity contribution in [2.45, 2.75) is 88.7 Å². The second kappa shape index (κ2) is 8.57. The average Bonchev–Trinajstić information content (AvgIpc) is 3.47. The summed E-state index contributed by atoms with van der Waals surface area (Å²) >= 11 is 0. The summed E-state index contributed by atoms with van der Waals surface area (Å²) in [6.07, 6.45) is 13.1. The summed E-state index contributed by atoms with van der Waals surface area (Å²) in [5, 5.41) is 0. The number of rotatable bonds is 5. The maximum absolute atomic E-state index is 12.1. The first-order valence-electron chi connectivity index (χ1n) is 12.8. The Morgan fingerprint density at radius 3 is 2.31 bits per heavy atom. The molecule has 1 aromatic heterocycles. The highest BCUT2D eigenvalue weighted by Gasteiger charge is 2.37. The van der Waals surface area contributed by atoms with Crippen LogP contribution in [0.15, 0.2) is 35.1 Å². The zero-order valence-electron chi connectivity index (χ0n) is 18.9. The van der Waals surface area contributed by atoms with Crippen LogP contribution in [-0.2, 0) is 6.54 Å². The van der Waals surface area contributed by atoms with E-state index in [1.165, 1.54) is 56.9 Å². The molecule has 0 radical (unpaired) electrons. The number of ether oxygens (including phenoxy) is 2. The molecule has 3 aliphatic carbocycles. The summed E-state index contributed by atoms with van der Waals surface area (Å²) < 4.78 is 14.2. The Labute approximate surface area is 190 Å². The van der Waals surface area contributed by atoms with Crippen LogP contribution in [0.3, 0.4) is 0 Å². The monoisotopic (exact) mass is 434 g/mol. The molecule has 2 aromatic rings. The van der Waals surface area contributed by atoms with E-state index in [9.17, 15) is 4.79 Å². The fourth-order valence-electron chi connectivity index (χ4n) is 7.01. The highest BCUT2D eigenvalue weighted by Crippen LogP contribution is 2.50. The van der Waals surface area contributed by atoms with E-state index in [0.717, 1.165) is 42.0 Å². The minimum atomic E-state index is -0.192. The van der Waals surface area contributed by atoms with Crippen molar-refractivity contribution < 1.29 is 9.47 Å². The number of fused-ring (bicyclic) bond motifs is 3. The number of hydrogen-bond acceptors (Lipinski definition) is 4. The number of aromatic nitrogens is 2. The molecule has 2 heterocycles. The summed E-state index contributed by atoms with van der Waals surface area (Å²) in [7, 11) is 0. The lowest BCUT2D eigenvalue weighted by molar-refractivity contribution is 0.143. The van der Waals surface area contributed by atoms with Gasteiger partial charge in [-0.15, -0.1) is 0 Å². The van der Waals surface area contributed by atoms with Gasteiger partial charge in [0.05, 0.1) is 6.54 Å². The van der Waals surface area contributed by atoms with Gasteiger partial charge in [0, 0.05) is 11.8 Å². The highest BCUT2D eigenvalue weighted by molar-refractivity contribution is 5.31. The van der Waals surface area contributed by atoms with Crippen molar-refractivity contribution in [2.24, 2.45) is 11.8 Å². The molecule has 3 fully saturated rings. The number of benzene rings is 1. The minimum Gasteiger partial charge on any atom is -0.490 e. The lowest BCUT2D eigenvalue weighted by Gasteiger charge is -2.43. The Morgan fingerprint density at radius 1 is 0.938 bits per heavy atom. The van der Waals surface area contributed by atoms with Crippen molar-refractivity contribution in [1.29, 1.82) is 0 Å². The smallest absolute Gasteiger partial charge is 0.300 e. The van der Waals surface area contributed by atoms with Gasteiger partial charge >= 0.3 is 0 Å². The van der Waals surface area contributed by atoms with Crippen LogP contribution >= 0.6 is 0 Å². The Morgan fingerprint density at radius 2 is 1.62 bits per heavy atom. The SMILES string of the molecule is O=c1cc(C2CCCC2)n2c(n1)O[C@H](COc1ccc(C3C4CCCC3CCC4)cc1)C2. The molecular formula is C27H34N2O3. The molecule has 5 nitrogen and oxygen atoms in total. The maximum Gasteiger partial charge on any atom is 0.300 e. The molecule has 1 aliphatic heterocycles. The summed E-state index contributed by atoms with van der Waals surface area (Å²) in [6, 6.07) is 11.0. The van der Waals surface area contributed by atoms with Crippen LogP contribution in [0.25, 0.3) is 0 Å². The zero-order valence-corrected chi connectivity index (χ0v) is 18.9. The van der Waals surface area contributed by atoms with E-state index in [0.29, 0.717) is 25.1 Å². The van der Waals surface area contributed by atoms with E-state index < -0.39 is 0 Å². The Balaban J connectivity index is 1.10. The molecule has 170 valence electrons. The first-order chi connectivity index (χ1) is 15.7. The summed E-state index contributed by atoms with van der Waals surface area (Å²) in [5.74, 6) is 3.86. The van der Waals surface area contributed by atoms with E-state index in [1.807, 2.05) is 0 Å². The Hall–Kier alpha value is -2.30. The molecule has 3 saturated carbocycles. The topological polar surface area (TPSA) is 53.4 Å². The molecule has 4 aliphatic rings. The van der Waals surface area contributed by atoms with E-state index in [1.54, 1.807) is 6.07 Å². The van der Waals surface area contributed by atoms with Gasteiger partial charge in [-0.25, -0.2) is 0 Å². The van der Waals surface area contributed by atoms with Crippen molar-refractivity contribution in [2.75, 3.05) is 6.61 Å². The van der Waals surface area contributed by atoms with Crippen molar-refractivity contribution in [3.8, 4) is 11.8 Å². The molecular weight excluding hydrogens is 400 g/mol. The minimum absolute atomic E-state index is 0.109. The van der Waals surface area contributed by atoms with Crippen molar-refractivity contribution in [3.05, 3.63) is 51.9 Å². The fourth-order valence-corrected chi connectivity index (χ4v) is 7.01. The third-order valence-electron chi connectivity index (χ3n) is 8.47. The van der Waals surface area contributed by atoms with E-state index in [2.05, 4.69) is 33.8 Å². The van der Waals surface area contributed by atoms with Crippen LogP contribution < -0.4 is 15.0 Å². The second-order valence-corrected chi connectivity index (χ2v) is 10.4. The van der Waals surface area contributed by atoms with Gasteiger partial charge < -0.3 is 9.47 Å². The van der Waals surface area contributed by atoms with Crippen LogP contribution in [0.4, 0.5) is 0 Å². The van der Waals surface area contributed by atoms with Crippen molar-refractivity contribution in [1.82, 2.24) is 9.55 Å². The molecule has 1 aromatic carbocycles. The average molecular weight is 435 g/mol. The lowest BCUT2D eigenvalue weighted by atomic mass is 9.62. The fraction of sp³-hybridized carbons (Fsp3) is 0.630. The molecule has 32 heavy (non-hydrogen) atoms. The summed E-state index contributed by atoms with van der Waals surface area (Å²) in [5.41, 5.74) is 2.41. The predicted octanol–water partition coefficient (Wildman–Crippen LogP) is 5.42. The largest absolute Gasteiger partial charge is 0.490 e. The summed E-state index contributed by atoms with van der Waals surface area (Å²) in [4.78, 5) is 16.2. The van der Waals surface area contributed by atoms with Crippen molar-refractivity contribution >= 4 is 0 Å². The van der Waals surface area contributed by atoms with Crippen LogP contribution in [0.1, 0.15) is 87.3 Å². The Kier molecular flexibility index (Phi) is 5.44. The predicted molar refractivity (Wildman–Crippen MR) is 123 cm³/mol. The standard InChI is InChI=1S/C27H34N2O3/c30-25-15-24(18-5-1-2-6-18)29-16-23(32-27(29)28-25)17-31-22-13-11-21(12-14-22)26-19-7-3-8-20(26)10-4-9-19/h11-15,18-20,23,26H,1-10,16-17H2/t19?,20?,23-,26?/m0/s1. The Bertz CT molecular complexity index is 987. The van der Waals surface area contributed by atoms with Gasteiger partial charge in [0.25, 0.3) is 11.6 Å². The van der Waals surface area contributed by atoms with Crippen LogP contribution in [0.2, 0.25) is 0 Å². The van der Waals surface area contributed by atoms with E-state index in [-0.39, 0.29) is 11.7 Å². The normalized spacial score (nSPS) is 29.5. The van der Waals surface area contributed by atoms with Gasteiger partial charge in [-0.1, -0.05) is 37.8 Å². The van der Waals surface area contributed by atoms with E-state index in [4.69, 9.17) is 9.47 Å². The first-order valence-corrected chi connectivity index (χ1v) is 12.8. The number of hydrogen-bond donors (Lipinski definition) is 0. The number of nitrogens with zero attached hydrogens (tertiary/aromatic N) is 2. The van der Waals surface area contributed by atoms with Gasteiger partial charge in [-0.2, -0.15) is 4.98 Å². The van der Waals surface area contributed by atoms with Gasteiger partial charge in [-0.05, 0) is 79.9 Å². The molecule has 1 atom stereocenters. The van der Waals surface area contributed by atoms with Gasteiger partial charge in [0.1, 0.15) is 12.4 Å². The molecule has 0 amide bonds. The molecule has 0 N–H and O–H groups in total. The molecule has 2 bridgehead atoms. The van der Waals surface area contributed by atoms with Gasteiger partial charge in [0.15, 0.2) is 6.10 Å². The van der Waals surface area contributed by atoms with Gasteiger partial charge in [-0.3, -0.25) is 9.36 Å². The lowest BCUT2D eigenvalue weighted by Crippen LogP contribution is -2.30. The van der Waals surface area contributed by atoms with Crippen LogP contribution in [0, 0.1) is 11.8 Å². The third-order valence-corrected chi connectivity index (χ3v) is 8.47. The first kappa shape index (κ1) is 20.3.